The minimum absolute atomic E-state index is 0.731. The van der Waals surface area contributed by atoms with E-state index < -0.39 is 0 Å². The van der Waals surface area contributed by atoms with Crippen molar-refractivity contribution in [1.82, 2.24) is 10.2 Å². The van der Waals surface area contributed by atoms with Gasteiger partial charge in [-0.1, -0.05) is 20.3 Å². The summed E-state index contributed by atoms with van der Waals surface area (Å²) in [6.07, 6.45) is 4.15. The van der Waals surface area contributed by atoms with E-state index in [9.17, 15) is 0 Å². The van der Waals surface area contributed by atoms with Gasteiger partial charge in [0.05, 0.1) is 6.61 Å². The molecule has 3 heteroatoms. The Morgan fingerprint density at radius 1 is 1.24 bits per heavy atom. The lowest BCUT2D eigenvalue weighted by atomic mass is 9.80. The number of nitrogens with zero attached hydrogens (tertiary/aromatic N) is 1. The standard InChI is InChI=1S/C14H30N2O/c1-12-5-6-13(2)14(11-12)15-7-8-16(3)9-10-17-4/h12-15H,5-11H2,1-4H3. The van der Waals surface area contributed by atoms with Crippen LogP contribution in [0.1, 0.15) is 33.1 Å². The second kappa shape index (κ2) is 8.06. The summed E-state index contributed by atoms with van der Waals surface area (Å²) in [5.74, 6) is 1.74. The summed E-state index contributed by atoms with van der Waals surface area (Å²) >= 11 is 0. The van der Waals surface area contributed by atoms with Gasteiger partial charge in [-0.2, -0.15) is 0 Å². The van der Waals surface area contributed by atoms with Crippen molar-refractivity contribution in [2.24, 2.45) is 11.8 Å². The van der Waals surface area contributed by atoms with E-state index in [1.807, 2.05) is 0 Å². The summed E-state index contributed by atoms with van der Waals surface area (Å²) in [7, 11) is 3.92. The number of rotatable bonds is 7. The number of hydrogen-bond acceptors (Lipinski definition) is 3. The lowest BCUT2D eigenvalue weighted by Gasteiger charge is -2.34. The third kappa shape index (κ3) is 5.84. The van der Waals surface area contributed by atoms with Gasteiger partial charge >= 0.3 is 0 Å². The van der Waals surface area contributed by atoms with E-state index in [1.165, 1.54) is 19.3 Å². The summed E-state index contributed by atoms with van der Waals surface area (Å²) in [6, 6.07) is 0.731. The first-order valence-electron chi connectivity index (χ1n) is 7.04. The smallest absolute Gasteiger partial charge is 0.0589 e. The Bertz CT molecular complexity index is 199. The third-order valence-electron chi connectivity index (χ3n) is 4.04. The molecule has 102 valence electrons. The second-order valence-electron chi connectivity index (χ2n) is 5.75. The molecule has 0 saturated heterocycles. The first kappa shape index (κ1) is 14.9. The zero-order valence-electron chi connectivity index (χ0n) is 12.0. The molecule has 1 aliphatic rings. The quantitative estimate of drug-likeness (QED) is 0.739. The predicted octanol–water partition coefficient (Wildman–Crippen LogP) is 1.98. The topological polar surface area (TPSA) is 24.5 Å². The Morgan fingerprint density at radius 2 is 2.00 bits per heavy atom. The van der Waals surface area contributed by atoms with Gasteiger partial charge in [0.1, 0.15) is 0 Å². The summed E-state index contributed by atoms with van der Waals surface area (Å²) in [5.41, 5.74) is 0. The number of methoxy groups -OCH3 is 1. The molecule has 17 heavy (non-hydrogen) atoms. The van der Waals surface area contributed by atoms with Crippen LogP contribution in [0.2, 0.25) is 0 Å². The van der Waals surface area contributed by atoms with Gasteiger partial charge in [-0.3, -0.25) is 0 Å². The van der Waals surface area contributed by atoms with Gasteiger partial charge in [0.15, 0.2) is 0 Å². The SMILES string of the molecule is COCCN(C)CCNC1CC(C)CCC1C. The summed E-state index contributed by atoms with van der Waals surface area (Å²) in [5, 5.41) is 3.73. The van der Waals surface area contributed by atoms with Gasteiger partial charge in [-0.05, 0) is 31.7 Å². The fourth-order valence-electron chi connectivity index (χ4n) is 2.62. The van der Waals surface area contributed by atoms with Gasteiger partial charge in [-0.15, -0.1) is 0 Å². The fourth-order valence-corrected chi connectivity index (χ4v) is 2.62. The van der Waals surface area contributed by atoms with Crippen molar-refractivity contribution in [3.05, 3.63) is 0 Å². The Hall–Kier alpha value is -0.120. The Kier molecular flexibility index (Phi) is 7.09. The molecule has 0 radical (unpaired) electrons. The van der Waals surface area contributed by atoms with Crippen molar-refractivity contribution in [3.63, 3.8) is 0 Å². The van der Waals surface area contributed by atoms with Gasteiger partial charge in [0.25, 0.3) is 0 Å². The lowest BCUT2D eigenvalue weighted by molar-refractivity contribution is 0.158. The average Bonchev–Trinajstić information content (AvgIpc) is 2.31. The van der Waals surface area contributed by atoms with E-state index in [0.717, 1.165) is 44.1 Å². The van der Waals surface area contributed by atoms with Gasteiger partial charge in [0.2, 0.25) is 0 Å². The molecule has 0 aromatic heterocycles. The first-order chi connectivity index (χ1) is 8.13. The molecule has 3 atom stereocenters. The number of nitrogens with one attached hydrogen (secondary N) is 1. The van der Waals surface area contributed by atoms with Crippen LogP contribution in [0.15, 0.2) is 0 Å². The predicted molar refractivity (Wildman–Crippen MR) is 73.3 cm³/mol. The maximum absolute atomic E-state index is 5.08. The molecule has 1 rings (SSSR count). The summed E-state index contributed by atoms with van der Waals surface area (Å²) in [4.78, 5) is 2.33. The molecular weight excluding hydrogens is 212 g/mol. The van der Waals surface area contributed by atoms with Crippen LogP contribution in [0.3, 0.4) is 0 Å². The average molecular weight is 242 g/mol. The highest BCUT2D eigenvalue weighted by Crippen LogP contribution is 2.28. The highest BCUT2D eigenvalue weighted by atomic mass is 16.5. The molecule has 3 nitrogen and oxygen atoms in total. The number of ether oxygens (including phenoxy) is 1. The van der Waals surface area contributed by atoms with Crippen LogP contribution in [-0.4, -0.2) is 51.3 Å². The van der Waals surface area contributed by atoms with Crippen LogP contribution in [0.25, 0.3) is 0 Å². The molecule has 1 N–H and O–H groups in total. The molecule has 0 heterocycles. The van der Waals surface area contributed by atoms with Crippen molar-refractivity contribution < 1.29 is 4.74 Å². The summed E-state index contributed by atoms with van der Waals surface area (Å²) in [6.45, 7) is 8.83. The van der Waals surface area contributed by atoms with Crippen LogP contribution in [-0.2, 0) is 4.74 Å². The normalized spacial score (nSPS) is 29.8. The van der Waals surface area contributed by atoms with Crippen LogP contribution in [0, 0.1) is 11.8 Å². The molecule has 0 amide bonds. The van der Waals surface area contributed by atoms with Gasteiger partial charge in [0, 0.05) is 32.8 Å². The molecule has 0 bridgehead atoms. The Labute approximate surface area is 107 Å². The second-order valence-corrected chi connectivity index (χ2v) is 5.75. The molecule has 0 aliphatic heterocycles. The molecule has 0 aromatic carbocycles. The van der Waals surface area contributed by atoms with Crippen molar-refractivity contribution in [2.45, 2.75) is 39.2 Å². The van der Waals surface area contributed by atoms with Crippen LogP contribution in [0.4, 0.5) is 0 Å². The number of likely N-dealkylation sites (N-methyl/N-ethyl adjacent to an activating group) is 1. The number of hydrogen-bond donors (Lipinski definition) is 1. The van der Waals surface area contributed by atoms with Gasteiger partial charge in [-0.25, -0.2) is 0 Å². The molecule has 0 aromatic rings. The molecule has 1 fully saturated rings. The minimum atomic E-state index is 0.731. The van der Waals surface area contributed by atoms with Crippen LogP contribution < -0.4 is 5.32 Å². The fraction of sp³-hybridized carbons (Fsp3) is 1.00. The van der Waals surface area contributed by atoms with Crippen molar-refractivity contribution in [2.75, 3.05) is 40.4 Å². The first-order valence-corrected chi connectivity index (χ1v) is 7.04. The highest BCUT2D eigenvalue weighted by molar-refractivity contribution is 4.81. The van der Waals surface area contributed by atoms with Gasteiger partial charge < -0.3 is 15.0 Å². The highest BCUT2D eigenvalue weighted by Gasteiger charge is 2.24. The molecular formula is C14H30N2O. The van der Waals surface area contributed by atoms with E-state index in [4.69, 9.17) is 4.74 Å². The maximum atomic E-state index is 5.08. The monoisotopic (exact) mass is 242 g/mol. The summed E-state index contributed by atoms with van der Waals surface area (Å²) < 4.78 is 5.08. The van der Waals surface area contributed by atoms with Crippen molar-refractivity contribution in [1.29, 1.82) is 0 Å². The Morgan fingerprint density at radius 3 is 2.71 bits per heavy atom. The van der Waals surface area contributed by atoms with E-state index >= 15 is 0 Å². The molecule has 0 spiro atoms. The maximum Gasteiger partial charge on any atom is 0.0589 e. The Balaban J connectivity index is 2.12. The van der Waals surface area contributed by atoms with E-state index in [2.05, 4.69) is 31.1 Å². The lowest BCUT2D eigenvalue weighted by Crippen LogP contribution is -2.42. The molecule has 3 unspecified atom stereocenters. The van der Waals surface area contributed by atoms with Crippen molar-refractivity contribution >= 4 is 0 Å². The minimum Gasteiger partial charge on any atom is -0.383 e. The zero-order valence-corrected chi connectivity index (χ0v) is 12.0. The zero-order chi connectivity index (χ0) is 12.7. The van der Waals surface area contributed by atoms with E-state index in [-0.39, 0.29) is 0 Å². The van der Waals surface area contributed by atoms with Crippen LogP contribution in [0.5, 0.6) is 0 Å². The van der Waals surface area contributed by atoms with E-state index in [1.54, 1.807) is 7.11 Å². The largest absolute Gasteiger partial charge is 0.383 e. The molecule has 1 aliphatic carbocycles. The third-order valence-corrected chi connectivity index (χ3v) is 4.04. The van der Waals surface area contributed by atoms with Crippen molar-refractivity contribution in [3.8, 4) is 0 Å². The van der Waals surface area contributed by atoms with E-state index in [0.29, 0.717) is 0 Å². The van der Waals surface area contributed by atoms with Crippen LogP contribution >= 0.6 is 0 Å². The molecule has 1 saturated carbocycles.